The van der Waals surface area contributed by atoms with Crippen LogP contribution in [0, 0.1) is 17.8 Å². The summed E-state index contributed by atoms with van der Waals surface area (Å²) in [7, 11) is -1.51. The van der Waals surface area contributed by atoms with Gasteiger partial charge in [0.2, 0.25) is 0 Å². The second kappa shape index (κ2) is 8.31. The van der Waals surface area contributed by atoms with Crippen molar-refractivity contribution in [3.63, 3.8) is 0 Å². The van der Waals surface area contributed by atoms with E-state index in [1.807, 2.05) is 0 Å². The minimum absolute atomic E-state index is 0.774. The summed E-state index contributed by atoms with van der Waals surface area (Å²) < 4.78 is 6.45. The lowest BCUT2D eigenvalue weighted by molar-refractivity contribution is 0.284. The normalized spacial score (nSPS) is 13.1. The lowest BCUT2D eigenvalue weighted by atomic mass is 10.2. The van der Waals surface area contributed by atoms with Gasteiger partial charge in [0.05, 0.1) is 0 Å². The molecule has 0 unspecified atom stereocenters. The van der Waals surface area contributed by atoms with Gasteiger partial charge in [-0.25, -0.2) is 0 Å². The third-order valence-corrected chi connectivity index (χ3v) is 8.45. The average molecular weight is 259 g/mol. The van der Waals surface area contributed by atoms with Crippen LogP contribution in [-0.2, 0) is 4.43 Å². The Kier molecular flexibility index (Phi) is 8.40. The van der Waals surface area contributed by atoms with Gasteiger partial charge in [0.1, 0.15) is 0 Å². The predicted molar refractivity (Wildman–Crippen MR) is 80.9 cm³/mol. The molecule has 0 saturated heterocycles. The highest BCUT2D eigenvalue weighted by molar-refractivity contribution is 6.74. The van der Waals surface area contributed by atoms with Gasteiger partial charge in [-0.1, -0.05) is 48.5 Å². The topological polar surface area (TPSA) is 9.23 Å². The fourth-order valence-electron chi connectivity index (χ4n) is 2.98. The van der Waals surface area contributed by atoms with E-state index in [0.29, 0.717) is 0 Å². The molecule has 2 heteroatoms. The molecule has 0 aromatic heterocycles. The van der Waals surface area contributed by atoms with E-state index in [0.717, 1.165) is 30.8 Å². The summed E-state index contributed by atoms with van der Waals surface area (Å²) in [6, 6.07) is 4.01. The largest absolute Gasteiger partial charge is 0.417 e. The summed E-state index contributed by atoms with van der Waals surface area (Å²) in [4.78, 5) is 0. The SMILES string of the molecule is CCCO[Si](CC(C)C)(CC(C)C)CC(C)C. The van der Waals surface area contributed by atoms with Crippen LogP contribution in [0.25, 0.3) is 0 Å². The summed E-state index contributed by atoms with van der Waals surface area (Å²) in [5.74, 6) is 2.32. The second-order valence-electron chi connectivity index (χ2n) is 6.83. The van der Waals surface area contributed by atoms with E-state index >= 15 is 0 Å². The standard InChI is InChI=1S/C15H34OSi/c1-8-9-16-17(10-13(2)3,11-14(4)5)12-15(6)7/h13-15H,8-12H2,1-7H3. The van der Waals surface area contributed by atoms with Crippen LogP contribution in [0.3, 0.4) is 0 Å². The van der Waals surface area contributed by atoms with E-state index in [9.17, 15) is 0 Å². The lowest BCUT2D eigenvalue weighted by Crippen LogP contribution is -2.42. The Balaban J connectivity index is 4.76. The molecule has 0 aromatic rings. The molecule has 0 aliphatic rings. The first-order valence-electron chi connectivity index (χ1n) is 7.45. The van der Waals surface area contributed by atoms with Crippen LogP contribution in [0.4, 0.5) is 0 Å². The quantitative estimate of drug-likeness (QED) is 0.508. The van der Waals surface area contributed by atoms with E-state index in [1.54, 1.807) is 0 Å². The minimum Gasteiger partial charge on any atom is -0.417 e. The fraction of sp³-hybridized carbons (Fsp3) is 1.00. The monoisotopic (exact) mass is 258 g/mol. The van der Waals surface area contributed by atoms with Crippen LogP contribution in [0.1, 0.15) is 54.9 Å². The molecular weight excluding hydrogens is 224 g/mol. The smallest absolute Gasteiger partial charge is 0.193 e. The molecule has 1 nitrogen and oxygen atoms in total. The van der Waals surface area contributed by atoms with Crippen molar-refractivity contribution >= 4 is 8.32 Å². The molecule has 0 N–H and O–H groups in total. The summed E-state index contributed by atoms with van der Waals surface area (Å²) in [5.41, 5.74) is 0. The second-order valence-corrected chi connectivity index (χ2v) is 10.7. The first-order chi connectivity index (χ1) is 7.81. The van der Waals surface area contributed by atoms with E-state index in [1.165, 1.54) is 18.1 Å². The maximum atomic E-state index is 6.45. The highest BCUT2D eigenvalue weighted by Gasteiger charge is 2.36. The highest BCUT2D eigenvalue weighted by atomic mass is 28.4. The molecule has 0 atom stereocenters. The summed E-state index contributed by atoms with van der Waals surface area (Å²) in [5, 5.41) is 0. The zero-order valence-corrected chi connectivity index (χ0v) is 14.2. The molecule has 0 aliphatic heterocycles. The van der Waals surface area contributed by atoms with Gasteiger partial charge in [-0.05, 0) is 42.3 Å². The molecule has 0 fully saturated rings. The van der Waals surface area contributed by atoms with Crippen molar-refractivity contribution in [1.82, 2.24) is 0 Å². The van der Waals surface area contributed by atoms with Crippen LogP contribution in [0.5, 0.6) is 0 Å². The van der Waals surface area contributed by atoms with E-state index in [-0.39, 0.29) is 0 Å². The molecular formula is C15H34OSi. The Morgan fingerprint density at radius 1 is 0.765 bits per heavy atom. The number of rotatable bonds is 9. The predicted octanol–water partition coefficient (Wildman–Crippen LogP) is 5.33. The van der Waals surface area contributed by atoms with E-state index in [4.69, 9.17) is 4.43 Å². The summed E-state index contributed by atoms with van der Waals surface area (Å²) in [6.45, 7) is 17.3. The maximum Gasteiger partial charge on any atom is 0.193 e. The van der Waals surface area contributed by atoms with Crippen molar-refractivity contribution in [2.24, 2.45) is 17.8 Å². The van der Waals surface area contributed by atoms with Crippen molar-refractivity contribution in [3.8, 4) is 0 Å². The van der Waals surface area contributed by atoms with Crippen LogP contribution in [0.2, 0.25) is 18.1 Å². The Bertz CT molecular complexity index is 161. The summed E-state index contributed by atoms with van der Waals surface area (Å²) in [6.07, 6.45) is 1.16. The van der Waals surface area contributed by atoms with Crippen molar-refractivity contribution < 1.29 is 4.43 Å². The zero-order chi connectivity index (χ0) is 13.5. The van der Waals surface area contributed by atoms with Crippen molar-refractivity contribution in [3.05, 3.63) is 0 Å². The van der Waals surface area contributed by atoms with Crippen LogP contribution < -0.4 is 0 Å². The number of hydrogen-bond acceptors (Lipinski definition) is 1. The van der Waals surface area contributed by atoms with Crippen LogP contribution in [0.15, 0.2) is 0 Å². The maximum absolute atomic E-state index is 6.45. The molecule has 0 spiro atoms. The molecule has 0 aromatic carbocycles. The fourth-order valence-corrected chi connectivity index (χ4v) is 8.93. The van der Waals surface area contributed by atoms with Gasteiger partial charge < -0.3 is 4.43 Å². The van der Waals surface area contributed by atoms with E-state index in [2.05, 4.69) is 48.5 Å². The molecule has 0 bridgehead atoms. The van der Waals surface area contributed by atoms with Gasteiger partial charge in [0, 0.05) is 6.61 Å². The van der Waals surface area contributed by atoms with Crippen molar-refractivity contribution in [1.29, 1.82) is 0 Å². The van der Waals surface area contributed by atoms with Gasteiger partial charge in [-0.15, -0.1) is 0 Å². The number of hydrogen-bond donors (Lipinski definition) is 0. The molecule has 0 heterocycles. The molecule has 0 aliphatic carbocycles. The third-order valence-electron chi connectivity index (χ3n) is 2.95. The average Bonchev–Trinajstić information content (AvgIpc) is 2.11. The Labute approximate surface area is 110 Å². The third kappa shape index (κ3) is 7.99. The molecule has 0 radical (unpaired) electrons. The van der Waals surface area contributed by atoms with Gasteiger partial charge in [-0.3, -0.25) is 0 Å². The van der Waals surface area contributed by atoms with Crippen molar-refractivity contribution in [2.45, 2.75) is 73.0 Å². The molecule has 0 saturated carbocycles. The zero-order valence-electron chi connectivity index (χ0n) is 13.2. The molecule has 0 amide bonds. The van der Waals surface area contributed by atoms with Gasteiger partial charge in [0.25, 0.3) is 0 Å². The molecule has 0 rings (SSSR count). The first kappa shape index (κ1) is 17.2. The highest BCUT2D eigenvalue weighted by Crippen LogP contribution is 2.33. The first-order valence-corrected chi connectivity index (χ1v) is 9.98. The van der Waals surface area contributed by atoms with Crippen molar-refractivity contribution in [2.75, 3.05) is 6.61 Å². The Hall–Kier alpha value is 0.177. The van der Waals surface area contributed by atoms with Crippen LogP contribution >= 0.6 is 0 Å². The Morgan fingerprint density at radius 2 is 1.12 bits per heavy atom. The lowest BCUT2D eigenvalue weighted by Gasteiger charge is -2.36. The summed E-state index contributed by atoms with van der Waals surface area (Å²) >= 11 is 0. The molecule has 17 heavy (non-hydrogen) atoms. The Morgan fingerprint density at radius 3 is 1.35 bits per heavy atom. The van der Waals surface area contributed by atoms with Crippen LogP contribution in [-0.4, -0.2) is 14.9 Å². The van der Waals surface area contributed by atoms with Gasteiger partial charge in [0.15, 0.2) is 8.32 Å². The van der Waals surface area contributed by atoms with Gasteiger partial charge >= 0.3 is 0 Å². The van der Waals surface area contributed by atoms with Gasteiger partial charge in [-0.2, -0.15) is 0 Å². The molecule has 104 valence electrons. The minimum atomic E-state index is -1.51. The van der Waals surface area contributed by atoms with E-state index < -0.39 is 8.32 Å².